The molecule has 0 aromatic heterocycles. The van der Waals surface area contributed by atoms with Crippen molar-refractivity contribution < 1.29 is 129 Å². The number of fused-ring (bicyclic) bond motifs is 7. The maximum Gasteiger partial charge on any atom is 0.340 e. The molecule has 16 N–H and O–H groups in total. The number of aliphatic hydroxyl groups excluding tert-OH is 1. The molecule has 5 heterocycles. The van der Waals surface area contributed by atoms with Crippen LogP contribution in [0.3, 0.4) is 0 Å². The molecular weight excluding hydrogens is 908 g/mol. The zero-order valence-corrected chi connectivity index (χ0v) is 32.6. The molecule has 5 aliphatic rings. The molecule has 26 nitrogen and oxygen atoms in total. The molecule has 346 valence electrons. The summed E-state index contributed by atoms with van der Waals surface area (Å²) < 4.78 is 27.8. The molecule has 10 rings (SSSR count). The second-order valence-electron chi connectivity index (χ2n) is 15.0. The summed E-state index contributed by atoms with van der Waals surface area (Å²) in [4.78, 5) is 72.4. The van der Waals surface area contributed by atoms with Crippen molar-refractivity contribution in [3.63, 3.8) is 0 Å². The number of phenols is 15. The highest BCUT2D eigenvalue weighted by Gasteiger charge is 2.55. The highest BCUT2D eigenvalue weighted by atomic mass is 16.6. The number of hydrogen-bond donors (Lipinski definition) is 16. The van der Waals surface area contributed by atoms with Crippen LogP contribution in [0.4, 0.5) is 0 Å². The van der Waals surface area contributed by atoms with Gasteiger partial charge in [-0.15, -0.1) is 0 Å². The van der Waals surface area contributed by atoms with Crippen LogP contribution in [0.15, 0.2) is 18.2 Å². The first-order chi connectivity index (χ1) is 31.5. The van der Waals surface area contributed by atoms with E-state index < -0.39 is 220 Å². The Bertz CT molecular complexity index is 3190. The van der Waals surface area contributed by atoms with E-state index in [0.717, 1.165) is 0 Å². The number of aromatic hydroxyl groups is 15. The maximum atomic E-state index is 15.0. The van der Waals surface area contributed by atoms with Crippen molar-refractivity contribution in [3.05, 3.63) is 51.6 Å². The monoisotopic (exact) mass is 934 g/mol. The summed E-state index contributed by atoms with van der Waals surface area (Å²) in [6.07, 6.45) is -13.4. The molecule has 0 aliphatic carbocycles. The third kappa shape index (κ3) is 5.68. The Balaban J connectivity index is 1.44. The van der Waals surface area contributed by atoms with Crippen LogP contribution in [-0.2, 0) is 23.7 Å². The summed E-state index contributed by atoms with van der Waals surface area (Å²) in [5.41, 5.74) is -14.9. The van der Waals surface area contributed by atoms with Gasteiger partial charge in [0.2, 0.25) is 28.7 Å². The van der Waals surface area contributed by atoms with Gasteiger partial charge in [-0.05, 0) is 18.2 Å². The first-order valence-electron chi connectivity index (χ1n) is 18.6. The molecule has 0 amide bonds. The molecule has 5 aliphatic heterocycles. The Morgan fingerprint density at radius 3 is 1.21 bits per heavy atom. The summed E-state index contributed by atoms with van der Waals surface area (Å²) in [6.45, 7) is -1.51. The third-order valence-corrected chi connectivity index (χ3v) is 11.4. The lowest BCUT2D eigenvalue weighted by atomic mass is 9.80. The summed E-state index contributed by atoms with van der Waals surface area (Å²) in [5, 5.41) is 177. The number of cyclic esters (lactones) is 1. The number of esters is 5. The van der Waals surface area contributed by atoms with E-state index >= 15 is 0 Å². The van der Waals surface area contributed by atoms with Crippen LogP contribution < -0.4 is 0 Å². The minimum absolute atomic E-state index is 0.323. The average molecular weight is 935 g/mol. The molecule has 0 saturated heterocycles. The van der Waals surface area contributed by atoms with Gasteiger partial charge >= 0.3 is 29.8 Å². The van der Waals surface area contributed by atoms with E-state index in [-0.39, 0.29) is 0 Å². The highest BCUT2D eigenvalue weighted by Crippen LogP contribution is 2.62. The zero-order chi connectivity index (χ0) is 48.7. The average Bonchev–Trinajstić information content (AvgIpc) is 3.30. The van der Waals surface area contributed by atoms with E-state index in [1.165, 1.54) is 0 Å². The van der Waals surface area contributed by atoms with Gasteiger partial charge in [-0.3, -0.25) is 0 Å². The van der Waals surface area contributed by atoms with E-state index in [9.17, 15) is 106 Å². The lowest BCUT2D eigenvalue weighted by Crippen LogP contribution is -2.56. The van der Waals surface area contributed by atoms with Crippen molar-refractivity contribution in [1.82, 2.24) is 0 Å². The Morgan fingerprint density at radius 1 is 0.343 bits per heavy atom. The van der Waals surface area contributed by atoms with Gasteiger partial charge in [0.05, 0.1) is 27.8 Å². The molecule has 0 radical (unpaired) electrons. The van der Waals surface area contributed by atoms with E-state index in [0.29, 0.717) is 18.2 Å². The first kappa shape index (κ1) is 42.7. The molecule has 5 aromatic carbocycles. The van der Waals surface area contributed by atoms with Gasteiger partial charge < -0.3 is 105 Å². The van der Waals surface area contributed by atoms with Crippen LogP contribution in [0.2, 0.25) is 0 Å². The molecule has 6 bridgehead atoms. The summed E-state index contributed by atoms with van der Waals surface area (Å²) in [5.74, 6) is -32.1. The van der Waals surface area contributed by atoms with Crippen LogP contribution in [-0.4, -0.2) is 143 Å². The standard InChI is InChI=1S/C41H26O26/c42-8-1-5-12(24(48)21(8)45)13-6(2-9(43)22(46)25(13)49)39(60)65-34-11(4-63-37(5)58)64-38(59)7-3-10(44)23(47)26(50)14(7)15-18-16(28(52)32(56)27(15)51)17-19-20(30(54)33(57)29(17)53)31(55)35(66-41(19)62)36(34)67-40(18)61/h1-3,11,31,34-36,42-57H,4H2/t11?,31-,34?,35?,36?/m0/s1. The molecule has 0 spiro atoms. The fraction of sp³-hybridized carbons (Fsp3) is 0.146. The molecule has 0 saturated carbocycles. The summed E-state index contributed by atoms with van der Waals surface area (Å²) >= 11 is 0. The number of hydrogen-bond acceptors (Lipinski definition) is 26. The van der Waals surface area contributed by atoms with Gasteiger partial charge in [0, 0.05) is 38.9 Å². The van der Waals surface area contributed by atoms with Crippen molar-refractivity contribution in [2.45, 2.75) is 30.5 Å². The van der Waals surface area contributed by atoms with Crippen molar-refractivity contribution in [2.24, 2.45) is 0 Å². The second-order valence-corrected chi connectivity index (χ2v) is 15.0. The van der Waals surface area contributed by atoms with Gasteiger partial charge in [-0.25, -0.2) is 24.0 Å². The molecule has 4 unspecified atom stereocenters. The van der Waals surface area contributed by atoms with E-state index in [1.807, 2.05) is 0 Å². The predicted octanol–water partition coefficient (Wildman–Crippen LogP) is 1.32. The summed E-state index contributed by atoms with van der Waals surface area (Å²) in [7, 11) is 0. The molecule has 5 atom stereocenters. The zero-order valence-electron chi connectivity index (χ0n) is 32.6. The van der Waals surface area contributed by atoms with Gasteiger partial charge in [0.25, 0.3) is 0 Å². The van der Waals surface area contributed by atoms with Crippen LogP contribution in [0.5, 0.6) is 86.2 Å². The van der Waals surface area contributed by atoms with Crippen LogP contribution in [0, 0.1) is 0 Å². The SMILES string of the molecule is O=C1OCC2OC(=O)c3cc(O)c(O)c(O)c3-c3c(O)c(O)c(O)c4c3C(=O)OC(C2OC(=O)c2cc(O)c(O)c(O)c2-c2c1cc(O)c(O)c2O)C1OC(=O)c2c-4c(O)c(O)c(O)c2[C@@H]1O. The molecular formula is C41H26O26. The normalized spacial score (nSPS) is 20.6. The molecule has 67 heavy (non-hydrogen) atoms. The lowest BCUT2D eigenvalue weighted by molar-refractivity contribution is -0.154. The van der Waals surface area contributed by atoms with Gasteiger partial charge in [0.15, 0.2) is 81.9 Å². The van der Waals surface area contributed by atoms with Crippen LogP contribution >= 0.6 is 0 Å². The molecule has 0 fully saturated rings. The van der Waals surface area contributed by atoms with E-state index in [4.69, 9.17) is 23.7 Å². The van der Waals surface area contributed by atoms with E-state index in [2.05, 4.69) is 0 Å². The lowest BCUT2D eigenvalue weighted by Gasteiger charge is -2.40. The number of ether oxygens (including phenoxy) is 5. The minimum Gasteiger partial charge on any atom is -0.504 e. The van der Waals surface area contributed by atoms with Crippen molar-refractivity contribution in [3.8, 4) is 120 Å². The number of phenolic OH excluding ortho intramolecular Hbond substituents is 15. The van der Waals surface area contributed by atoms with Gasteiger partial charge in [-0.1, -0.05) is 0 Å². The van der Waals surface area contributed by atoms with E-state index in [1.54, 1.807) is 0 Å². The van der Waals surface area contributed by atoms with Crippen LogP contribution in [0.25, 0.3) is 33.4 Å². The van der Waals surface area contributed by atoms with Crippen molar-refractivity contribution in [2.75, 3.05) is 6.61 Å². The first-order valence-corrected chi connectivity index (χ1v) is 18.6. The maximum absolute atomic E-state index is 15.0. The summed E-state index contributed by atoms with van der Waals surface area (Å²) in [6, 6.07) is 1.07. The Hall–Kier alpha value is -9.59. The molecule has 26 heteroatoms. The smallest absolute Gasteiger partial charge is 0.340 e. The predicted molar refractivity (Wildman–Crippen MR) is 206 cm³/mol. The number of carbonyl (C=O) groups is 5. The molecule has 5 aromatic rings. The minimum atomic E-state index is -2.79. The third-order valence-electron chi connectivity index (χ3n) is 11.4. The number of aliphatic hydroxyl groups is 1. The second kappa shape index (κ2) is 14.2. The Labute approximate surface area is 367 Å². The van der Waals surface area contributed by atoms with Gasteiger partial charge in [0.1, 0.15) is 12.7 Å². The number of benzene rings is 5. The number of rotatable bonds is 0. The fourth-order valence-electron chi connectivity index (χ4n) is 8.39. The Morgan fingerprint density at radius 2 is 0.701 bits per heavy atom. The van der Waals surface area contributed by atoms with Crippen LogP contribution in [0.1, 0.15) is 63.5 Å². The number of carbonyl (C=O) groups excluding carboxylic acids is 5. The topological polar surface area (TPSA) is 455 Å². The Kier molecular flexibility index (Phi) is 9.05. The van der Waals surface area contributed by atoms with Crippen molar-refractivity contribution >= 4 is 29.8 Å². The fourth-order valence-corrected chi connectivity index (χ4v) is 8.39. The van der Waals surface area contributed by atoms with Gasteiger partial charge in [-0.2, -0.15) is 0 Å². The largest absolute Gasteiger partial charge is 0.504 e. The quantitative estimate of drug-likeness (QED) is 0.0591. The highest BCUT2D eigenvalue weighted by molar-refractivity contribution is 6.16. The van der Waals surface area contributed by atoms with Crippen molar-refractivity contribution in [1.29, 1.82) is 0 Å².